The zero-order chi connectivity index (χ0) is 12.6. The van der Waals surface area contributed by atoms with Gasteiger partial charge in [0.05, 0.1) is 30.4 Å². The van der Waals surface area contributed by atoms with Crippen molar-refractivity contribution in [3.05, 3.63) is 11.3 Å². The minimum Gasteiger partial charge on any atom is -0.438 e. The predicted octanol–water partition coefficient (Wildman–Crippen LogP) is 2.99. The van der Waals surface area contributed by atoms with E-state index in [1.807, 2.05) is 0 Å². The van der Waals surface area contributed by atoms with E-state index in [9.17, 15) is 4.79 Å². The highest BCUT2D eigenvalue weighted by Gasteiger charge is 2.22. The lowest BCUT2D eigenvalue weighted by molar-refractivity contribution is 0.0702. The molecule has 0 heterocycles. The van der Waals surface area contributed by atoms with Crippen LogP contribution in [0.5, 0.6) is 0 Å². The molecule has 5 heteroatoms. The van der Waals surface area contributed by atoms with Gasteiger partial charge in [0, 0.05) is 0 Å². The summed E-state index contributed by atoms with van der Waals surface area (Å²) in [5, 5.41) is 0. The van der Waals surface area contributed by atoms with Crippen molar-refractivity contribution in [2.75, 3.05) is 12.8 Å². The number of ether oxygens (including phenoxy) is 2. The van der Waals surface area contributed by atoms with E-state index in [1.165, 1.54) is 5.57 Å². The molecule has 0 aliphatic heterocycles. The average molecular weight is 258 g/mol. The first-order chi connectivity index (χ1) is 7.37. The molecule has 0 aromatic rings. The highest BCUT2D eigenvalue weighted by molar-refractivity contribution is 6.85. The first-order valence-electron chi connectivity index (χ1n) is 5.53. The summed E-state index contributed by atoms with van der Waals surface area (Å²) in [4.78, 5) is 11.0. The average Bonchev–Trinajstić information content (AvgIpc) is 2.14. The summed E-state index contributed by atoms with van der Waals surface area (Å²) in [7, 11) is -0.581. The topological polar surface area (TPSA) is 35.5 Å². The van der Waals surface area contributed by atoms with Gasteiger partial charge in [-0.25, -0.2) is 4.79 Å². The molecule has 0 saturated heterocycles. The number of hydrogen-bond donors (Lipinski definition) is 0. The first-order valence-corrected chi connectivity index (χ1v) is 10.2. The van der Waals surface area contributed by atoms with Crippen LogP contribution in [0.2, 0.25) is 18.8 Å². The van der Waals surface area contributed by atoms with Crippen LogP contribution in [0.1, 0.15) is 20.8 Å². The summed E-state index contributed by atoms with van der Waals surface area (Å²) in [6, 6.07) is 0. The Balaban J connectivity index is 3.86. The molecule has 0 saturated carbocycles. The molecule has 0 aromatic carbocycles. The number of carbonyl (C=O) groups is 1. The molecule has 0 aliphatic carbocycles. The predicted molar refractivity (Wildman–Crippen MR) is 70.4 cm³/mol. The van der Waals surface area contributed by atoms with Crippen LogP contribution >= 0.6 is 0 Å². The van der Waals surface area contributed by atoms with Crippen molar-refractivity contribution in [2.45, 2.75) is 39.5 Å². The van der Waals surface area contributed by atoms with Crippen LogP contribution in [0, 0.1) is 0 Å². The summed E-state index contributed by atoms with van der Waals surface area (Å²) in [5.41, 5.74) is 4.78. The monoisotopic (exact) mass is 258 g/mol. The van der Waals surface area contributed by atoms with E-state index in [0.29, 0.717) is 12.8 Å². The van der Waals surface area contributed by atoms with Gasteiger partial charge in [-0.1, -0.05) is 24.3 Å². The Morgan fingerprint density at radius 1 is 1.31 bits per heavy atom. The van der Waals surface area contributed by atoms with Gasteiger partial charge in [0.15, 0.2) is 0 Å². The van der Waals surface area contributed by atoms with Gasteiger partial charge < -0.3 is 9.47 Å². The summed E-state index contributed by atoms with van der Waals surface area (Å²) in [6.07, 6.45) is 0.0173. The summed E-state index contributed by atoms with van der Waals surface area (Å²) in [6.45, 7) is 10.8. The van der Waals surface area contributed by atoms with Crippen molar-refractivity contribution >= 4 is 23.7 Å². The van der Waals surface area contributed by atoms with Crippen molar-refractivity contribution in [3.8, 4) is 0 Å². The second kappa shape index (κ2) is 7.67. The lowest BCUT2D eigenvalue weighted by Crippen LogP contribution is -2.35. The molecular weight excluding hydrogens is 236 g/mol. The van der Waals surface area contributed by atoms with E-state index in [1.54, 1.807) is 6.92 Å². The van der Waals surface area contributed by atoms with Crippen LogP contribution in [0.15, 0.2) is 11.3 Å². The molecular formula is C11H22O3Si2. The number of rotatable bonds is 6. The largest absolute Gasteiger partial charge is 0.507 e. The molecule has 0 amide bonds. The van der Waals surface area contributed by atoms with E-state index in [-0.39, 0.29) is 0 Å². The SMILES string of the molecule is CCOC(=O)OC[Si](C)(C)C[Si]C=C(C)C. The molecule has 0 bridgehead atoms. The summed E-state index contributed by atoms with van der Waals surface area (Å²) >= 11 is 0. The molecule has 16 heavy (non-hydrogen) atoms. The lowest BCUT2D eigenvalue weighted by atomic mass is 10.4. The Morgan fingerprint density at radius 3 is 2.44 bits per heavy atom. The van der Waals surface area contributed by atoms with Crippen molar-refractivity contribution in [3.63, 3.8) is 0 Å². The van der Waals surface area contributed by atoms with Gasteiger partial charge in [0.2, 0.25) is 0 Å². The van der Waals surface area contributed by atoms with E-state index >= 15 is 0 Å². The molecule has 3 nitrogen and oxygen atoms in total. The summed E-state index contributed by atoms with van der Waals surface area (Å²) < 4.78 is 9.82. The van der Waals surface area contributed by atoms with E-state index in [2.05, 4.69) is 32.6 Å². The third kappa shape index (κ3) is 8.73. The maximum absolute atomic E-state index is 11.0. The Kier molecular flexibility index (Phi) is 7.41. The Morgan fingerprint density at radius 2 is 1.94 bits per heavy atom. The second-order valence-electron chi connectivity index (χ2n) is 4.74. The van der Waals surface area contributed by atoms with E-state index in [0.717, 1.165) is 15.2 Å². The fourth-order valence-electron chi connectivity index (χ4n) is 0.996. The number of carbonyl (C=O) groups excluding carboxylic acids is 1. The molecule has 0 spiro atoms. The molecule has 0 atom stereocenters. The maximum atomic E-state index is 11.0. The number of allylic oxidation sites excluding steroid dienone is 1. The van der Waals surface area contributed by atoms with Crippen LogP contribution in [-0.2, 0) is 9.47 Å². The molecule has 0 fully saturated rings. The smallest absolute Gasteiger partial charge is 0.438 e. The van der Waals surface area contributed by atoms with Crippen molar-refractivity contribution in [1.29, 1.82) is 0 Å². The third-order valence-corrected chi connectivity index (χ3v) is 8.17. The number of hydrogen-bond acceptors (Lipinski definition) is 3. The third-order valence-electron chi connectivity index (χ3n) is 1.81. The zero-order valence-corrected chi connectivity index (χ0v) is 12.9. The lowest BCUT2D eigenvalue weighted by Gasteiger charge is -2.20. The highest BCUT2D eigenvalue weighted by Crippen LogP contribution is 2.09. The van der Waals surface area contributed by atoms with E-state index in [4.69, 9.17) is 9.47 Å². The van der Waals surface area contributed by atoms with Gasteiger partial charge in [-0.2, -0.15) is 0 Å². The van der Waals surface area contributed by atoms with Gasteiger partial charge in [-0.05, 0) is 20.8 Å². The van der Waals surface area contributed by atoms with Gasteiger partial charge >= 0.3 is 6.16 Å². The Labute approximate surface area is 102 Å². The van der Waals surface area contributed by atoms with Gasteiger partial charge in [0.25, 0.3) is 0 Å². The standard InChI is InChI=1S/C11H22O3Si2/c1-6-13-11(12)14-8-16(4,5)9-15-7-10(2)3/h7H,6,8-9H2,1-5H3. The molecule has 0 aromatic heterocycles. The van der Waals surface area contributed by atoms with Crippen LogP contribution in [0.25, 0.3) is 0 Å². The minimum atomic E-state index is -1.42. The van der Waals surface area contributed by atoms with Crippen LogP contribution in [0.3, 0.4) is 0 Å². The second-order valence-corrected chi connectivity index (χ2v) is 11.5. The van der Waals surface area contributed by atoms with Gasteiger partial charge in [-0.15, -0.1) is 5.70 Å². The molecule has 0 N–H and O–H groups in total. The summed E-state index contributed by atoms with van der Waals surface area (Å²) in [5.74, 6) is 0. The maximum Gasteiger partial charge on any atom is 0.507 e. The van der Waals surface area contributed by atoms with Crippen LogP contribution in [-0.4, -0.2) is 36.6 Å². The quantitative estimate of drug-likeness (QED) is 0.543. The van der Waals surface area contributed by atoms with Gasteiger partial charge in [0.1, 0.15) is 0 Å². The van der Waals surface area contributed by atoms with Crippen molar-refractivity contribution in [2.24, 2.45) is 0 Å². The highest BCUT2D eigenvalue weighted by atomic mass is 28.4. The zero-order valence-electron chi connectivity index (χ0n) is 10.9. The fraction of sp³-hybridized carbons (Fsp3) is 0.727. The molecule has 92 valence electrons. The van der Waals surface area contributed by atoms with Crippen LogP contribution in [0.4, 0.5) is 4.79 Å². The molecule has 0 unspecified atom stereocenters. The molecule has 2 radical (unpaired) electrons. The molecule has 0 aliphatic rings. The normalized spacial score (nSPS) is 10.8. The van der Waals surface area contributed by atoms with Gasteiger partial charge in [-0.3, -0.25) is 0 Å². The van der Waals surface area contributed by atoms with Crippen molar-refractivity contribution < 1.29 is 14.3 Å². The Hall–Kier alpha value is -0.556. The van der Waals surface area contributed by atoms with Crippen LogP contribution < -0.4 is 0 Å². The Bertz CT molecular complexity index is 246. The first kappa shape index (κ1) is 15.4. The van der Waals surface area contributed by atoms with E-state index < -0.39 is 14.2 Å². The molecule has 0 rings (SSSR count). The minimum absolute atomic E-state index is 0.375. The fourth-order valence-corrected chi connectivity index (χ4v) is 4.94. The van der Waals surface area contributed by atoms with Crippen molar-refractivity contribution in [1.82, 2.24) is 0 Å².